The number of thiocarbonyl (C=S) groups is 1. The molecule has 1 N–H and O–H groups in total. The summed E-state index contributed by atoms with van der Waals surface area (Å²) in [5, 5.41) is 3.92. The Morgan fingerprint density at radius 3 is 2.67 bits per heavy atom. The molecule has 0 aliphatic carbocycles. The maximum atomic E-state index is 11.9. The van der Waals surface area contributed by atoms with Crippen molar-refractivity contribution in [2.75, 3.05) is 50.2 Å². The average molecular weight is 470 g/mol. The summed E-state index contributed by atoms with van der Waals surface area (Å²) >= 11 is 5.73. The second kappa shape index (κ2) is 12.6. The van der Waals surface area contributed by atoms with Crippen molar-refractivity contribution in [3.8, 4) is 0 Å². The van der Waals surface area contributed by atoms with Crippen LogP contribution in [-0.2, 0) is 22.4 Å². The third-order valence-electron chi connectivity index (χ3n) is 5.73. The molecule has 0 fully saturated rings. The first-order valence-electron chi connectivity index (χ1n) is 11.7. The highest BCUT2D eigenvalue weighted by molar-refractivity contribution is 7.80. The fraction of sp³-hybridized carbons (Fsp3) is 0.462. The van der Waals surface area contributed by atoms with Gasteiger partial charge in [0.15, 0.2) is 5.11 Å². The van der Waals surface area contributed by atoms with Crippen LogP contribution in [0, 0.1) is 0 Å². The smallest absolute Gasteiger partial charge is 0.338 e. The number of esters is 1. The zero-order valence-electron chi connectivity index (χ0n) is 19.9. The summed E-state index contributed by atoms with van der Waals surface area (Å²) in [6.07, 6.45) is 3.48. The lowest BCUT2D eigenvalue weighted by Gasteiger charge is -2.32. The van der Waals surface area contributed by atoms with Crippen LogP contribution in [-0.4, -0.2) is 55.9 Å². The molecule has 33 heavy (non-hydrogen) atoms. The molecule has 0 unspecified atom stereocenters. The van der Waals surface area contributed by atoms with E-state index >= 15 is 0 Å². The molecule has 0 atom stereocenters. The molecule has 0 amide bonds. The van der Waals surface area contributed by atoms with Crippen molar-refractivity contribution in [2.45, 2.75) is 39.7 Å². The van der Waals surface area contributed by atoms with Crippen LogP contribution < -0.4 is 10.2 Å². The number of methoxy groups -OCH3 is 1. The predicted molar refractivity (Wildman–Crippen MR) is 138 cm³/mol. The molecule has 0 spiro atoms. The summed E-state index contributed by atoms with van der Waals surface area (Å²) < 4.78 is 10.4. The number of carbonyl (C=O) groups is 1. The average Bonchev–Trinajstić information content (AvgIpc) is 2.82. The van der Waals surface area contributed by atoms with Gasteiger partial charge in [0.05, 0.1) is 18.8 Å². The van der Waals surface area contributed by atoms with Crippen LogP contribution in [0.25, 0.3) is 0 Å². The van der Waals surface area contributed by atoms with Crippen LogP contribution in [0.15, 0.2) is 42.5 Å². The van der Waals surface area contributed by atoms with E-state index in [1.165, 1.54) is 23.2 Å². The standard InChI is InChI=1S/C26H35N3O3S/c1-4-14-28-15-6-7-22-18-20(8-13-24(22)28)19-29(16-17-31-3)26(33)27-23-11-9-21(10-12-23)25(30)32-5-2/h8-13,18H,4-7,14-17,19H2,1-3H3,(H,27,33). The molecule has 1 aliphatic heterocycles. The minimum Gasteiger partial charge on any atom is -0.462 e. The minimum atomic E-state index is -0.321. The van der Waals surface area contributed by atoms with Gasteiger partial charge in [-0.2, -0.15) is 0 Å². The van der Waals surface area contributed by atoms with Gasteiger partial charge in [-0.3, -0.25) is 0 Å². The van der Waals surface area contributed by atoms with Crippen LogP contribution in [0.5, 0.6) is 0 Å². The van der Waals surface area contributed by atoms with Crippen LogP contribution >= 0.6 is 12.2 Å². The highest BCUT2D eigenvalue weighted by atomic mass is 32.1. The Hall–Kier alpha value is -2.64. The SMILES string of the molecule is CCCN1CCCc2cc(CN(CCOC)C(=S)Nc3ccc(C(=O)OCC)cc3)ccc21. The summed E-state index contributed by atoms with van der Waals surface area (Å²) in [7, 11) is 1.70. The molecule has 0 aromatic heterocycles. The summed E-state index contributed by atoms with van der Waals surface area (Å²) in [5.74, 6) is -0.321. The van der Waals surface area contributed by atoms with Crippen molar-refractivity contribution >= 4 is 34.7 Å². The Kier molecular flexibility index (Phi) is 9.51. The van der Waals surface area contributed by atoms with E-state index in [4.69, 9.17) is 21.7 Å². The summed E-state index contributed by atoms with van der Waals surface area (Å²) in [6.45, 7) is 8.60. The molecule has 1 heterocycles. The first-order chi connectivity index (χ1) is 16.0. The summed E-state index contributed by atoms with van der Waals surface area (Å²) in [6, 6.07) is 14.0. The van der Waals surface area contributed by atoms with Gasteiger partial charge in [0.1, 0.15) is 0 Å². The molecule has 0 saturated carbocycles. The van der Waals surface area contributed by atoms with Gasteiger partial charge in [-0.1, -0.05) is 19.1 Å². The maximum Gasteiger partial charge on any atom is 0.338 e. The van der Waals surface area contributed by atoms with E-state index in [0.29, 0.717) is 37.0 Å². The highest BCUT2D eigenvalue weighted by Crippen LogP contribution is 2.28. The van der Waals surface area contributed by atoms with Crippen LogP contribution in [0.2, 0.25) is 0 Å². The molecule has 2 aromatic carbocycles. The van der Waals surface area contributed by atoms with E-state index in [0.717, 1.165) is 31.6 Å². The van der Waals surface area contributed by atoms with Gasteiger partial charge in [-0.15, -0.1) is 0 Å². The number of aryl methyl sites for hydroxylation is 1. The summed E-state index contributed by atoms with van der Waals surface area (Å²) in [5.41, 5.74) is 5.39. The van der Waals surface area contributed by atoms with E-state index in [1.807, 2.05) is 12.1 Å². The van der Waals surface area contributed by atoms with E-state index in [-0.39, 0.29) is 5.97 Å². The Morgan fingerprint density at radius 1 is 1.18 bits per heavy atom. The van der Waals surface area contributed by atoms with Gasteiger partial charge in [-0.25, -0.2) is 4.79 Å². The Bertz CT molecular complexity index is 933. The minimum absolute atomic E-state index is 0.321. The fourth-order valence-corrected chi connectivity index (χ4v) is 4.38. The fourth-order valence-electron chi connectivity index (χ4n) is 4.11. The lowest BCUT2D eigenvalue weighted by atomic mass is 9.99. The molecule has 0 saturated heterocycles. The van der Waals surface area contributed by atoms with Crippen molar-refractivity contribution in [2.24, 2.45) is 0 Å². The summed E-state index contributed by atoms with van der Waals surface area (Å²) in [4.78, 5) is 16.5. The Labute approximate surface area is 202 Å². The number of hydrogen-bond acceptors (Lipinski definition) is 5. The normalized spacial score (nSPS) is 12.8. The molecular weight excluding hydrogens is 434 g/mol. The Balaban J connectivity index is 1.69. The first-order valence-corrected chi connectivity index (χ1v) is 12.1. The van der Waals surface area contributed by atoms with Gasteiger partial charge < -0.3 is 24.6 Å². The molecule has 2 aromatic rings. The van der Waals surface area contributed by atoms with Gasteiger partial charge in [0.2, 0.25) is 0 Å². The number of carbonyl (C=O) groups excluding carboxylic acids is 1. The topological polar surface area (TPSA) is 54.0 Å². The zero-order chi connectivity index (χ0) is 23.6. The largest absolute Gasteiger partial charge is 0.462 e. The van der Waals surface area contributed by atoms with Crippen molar-refractivity contribution in [3.05, 3.63) is 59.2 Å². The van der Waals surface area contributed by atoms with E-state index in [9.17, 15) is 4.79 Å². The third-order valence-corrected chi connectivity index (χ3v) is 6.09. The number of nitrogens with zero attached hydrogens (tertiary/aromatic N) is 2. The second-order valence-corrected chi connectivity index (χ2v) is 8.58. The van der Waals surface area contributed by atoms with Crippen molar-refractivity contribution < 1.29 is 14.3 Å². The molecule has 178 valence electrons. The number of anilines is 2. The van der Waals surface area contributed by atoms with Gasteiger partial charge in [-0.05, 0) is 79.9 Å². The molecule has 1 aliphatic rings. The molecular formula is C26H35N3O3S. The van der Waals surface area contributed by atoms with Gasteiger partial charge >= 0.3 is 5.97 Å². The van der Waals surface area contributed by atoms with Crippen molar-refractivity contribution in [1.29, 1.82) is 0 Å². The maximum absolute atomic E-state index is 11.9. The van der Waals surface area contributed by atoms with E-state index in [1.54, 1.807) is 26.2 Å². The third kappa shape index (κ3) is 6.92. The number of fused-ring (bicyclic) bond motifs is 1. The van der Waals surface area contributed by atoms with E-state index < -0.39 is 0 Å². The van der Waals surface area contributed by atoms with Crippen molar-refractivity contribution in [1.82, 2.24) is 4.90 Å². The molecule has 0 bridgehead atoms. The van der Waals surface area contributed by atoms with Crippen LogP contribution in [0.3, 0.4) is 0 Å². The lowest BCUT2D eigenvalue weighted by Crippen LogP contribution is -2.36. The lowest BCUT2D eigenvalue weighted by molar-refractivity contribution is 0.0526. The monoisotopic (exact) mass is 469 g/mol. The molecule has 3 rings (SSSR count). The predicted octanol–water partition coefficient (Wildman–Crippen LogP) is 4.87. The molecule has 6 nitrogen and oxygen atoms in total. The number of hydrogen-bond donors (Lipinski definition) is 1. The highest BCUT2D eigenvalue weighted by Gasteiger charge is 2.18. The van der Waals surface area contributed by atoms with Gasteiger partial charge in [0, 0.05) is 44.7 Å². The van der Waals surface area contributed by atoms with Crippen LogP contribution in [0.4, 0.5) is 11.4 Å². The molecule has 7 heteroatoms. The number of benzene rings is 2. The number of rotatable bonds is 10. The first kappa shape index (κ1) is 25.0. The zero-order valence-corrected chi connectivity index (χ0v) is 20.7. The number of ether oxygens (including phenoxy) is 2. The van der Waals surface area contributed by atoms with Crippen molar-refractivity contribution in [3.63, 3.8) is 0 Å². The Morgan fingerprint density at radius 2 is 1.97 bits per heavy atom. The quantitative estimate of drug-likeness (QED) is 0.393. The van der Waals surface area contributed by atoms with Gasteiger partial charge in [0.25, 0.3) is 0 Å². The van der Waals surface area contributed by atoms with E-state index in [2.05, 4.69) is 40.2 Å². The molecule has 0 radical (unpaired) electrons. The second-order valence-electron chi connectivity index (χ2n) is 8.20. The number of nitrogens with one attached hydrogen (secondary N) is 1. The van der Waals surface area contributed by atoms with Crippen LogP contribution in [0.1, 0.15) is 48.2 Å².